The number of nitrogens with two attached hydrogens (primary N) is 1. The molecule has 13 nitrogen and oxygen atoms in total. The van der Waals surface area contributed by atoms with Crippen LogP contribution in [0, 0.1) is 12.3 Å². The van der Waals surface area contributed by atoms with Gasteiger partial charge in [-0.15, -0.1) is 6.42 Å². The second kappa shape index (κ2) is 13.1. The van der Waals surface area contributed by atoms with Gasteiger partial charge >= 0.3 is 12.6 Å². The summed E-state index contributed by atoms with van der Waals surface area (Å²) in [4.78, 5) is 27.1. The van der Waals surface area contributed by atoms with Crippen molar-refractivity contribution in [3.63, 3.8) is 0 Å². The summed E-state index contributed by atoms with van der Waals surface area (Å²) in [5.41, 5.74) is 3.66. The fraction of sp³-hybridized carbons (Fsp3) is 0.400. The Balaban J connectivity index is 1.45. The van der Waals surface area contributed by atoms with Gasteiger partial charge in [-0.1, -0.05) is 42.3 Å². The number of benzene rings is 2. The normalized spacial score (nSPS) is 23.2. The molecule has 2 aromatic carbocycles. The number of hydrogen-bond donors (Lipinski definition) is 3. The van der Waals surface area contributed by atoms with E-state index in [2.05, 4.69) is 20.0 Å². The number of nitrogen functional groups attached to an aromatic ring is 1. The number of rotatable bonds is 11. The number of aliphatic hydroxyl groups excluding tert-OH is 1. The highest BCUT2D eigenvalue weighted by Gasteiger charge is 2.58. The van der Waals surface area contributed by atoms with Gasteiger partial charge in [0.15, 0.2) is 23.2 Å². The number of aliphatic hydroxyl groups is 1. The summed E-state index contributed by atoms with van der Waals surface area (Å²) < 4.78 is 41.4. The number of ether oxygens (including phenoxy) is 2. The van der Waals surface area contributed by atoms with Crippen LogP contribution in [-0.4, -0.2) is 81.3 Å². The van der Waals surface area contributed by atoms with Crippen LogP contribution < -0.4 is 20.2 Å². The molecule has 0 aliphatic carbocycles. The van der Waals surface area contributed by atoms with E-state index < -0.39 is 49.4 Å². The minimum atomic E-state index is -3.62. The third kappa shape index (κ3) is 6.50. The highest BCUT2D eigenvalue weighted by molar-refractivity contribution is 8.09. The lowest BCUT2D eigenvalue weighted by molar-refractivity contribution is -0.149. The fourth-order valence-corrected chi connectivity index (χ4v) is 7.42. The van der Waals surface area contributed by atoms with Gasteiger partial charge in [0.05, 0.1) is 19.0 Å². The molecule has 6 atom stereocenters. The van der Waals surface area contributed by atoms with E-state index in [1.165, 1.54) is 10.9 Å². The van der Waals surface area contributed by atoms with Crippen LogP contribution >= 0.6 is 6.64 Å². The number of hydrogen-bond acceptors (Lipinski definition) is 12. The van der Waals surface area contributed by atoms with E-state index in [1.54, 1.807) is 51.9 Å². The summed E-state index contributed by atoms with van der Waals surface area (Å²) in [7, 11) is 3.48. The first-order valence-electron chi connectivity index (χ1n) is 14.3. The van der Waals surface area contributed by atoms with Gasteiger partial charge in [0, 0.05) is 19.5 Å². The van der Waals surface area contributed by atoms with Crippen LogP contribution in [0.2, 0.25) is 0 Å². The monoisotopic (exact) mass is 671 g/mol. The Kier molecular flexibility index (Phi) is 9.51. The van der Waals surface area contributed by atoms with E-state index in [9.17, 15) is 9.90 Å². The molecular formula is C30H35FN7O6PS. The lowest BCUT2D eigenvalue weighted by Crippen LogP contribution is -2.42. The van der Waals surface area contributed by atoms with Gasteiger partial charge in [0.1, 0.15) is 24.0 Å². The Morgan fingerprint density at radius 2 is 2.00 bits per heavy atom. The SMILES string of the molecule is C#C[C@@]1(F)[C@H](O)[C@@H](CO[P@@](=S)(N[C@H](C)C(=O)OC(C)C)Oc2cccc3ccccc23)O[C@H]1n1cnc2c(N(C)C)nc(N)nc21. The van der Waals surface area contributed by atoms with E-state index in [1.807, 2.05) is 36.3 Å². The number of aromatic nitrogens is 4. The summed E-state index contributed by atoms with van der Waals surface area (Å²) in [5, 5.41) is 15.8. The van der Waals surface area contributed by atoms with Crippen molar-refractivity contribution in [2.75, 3.05) is 31.3 Å². The van der Waals surface area contributed by atoms with Gasteiger partial charge in [-0.05, 0) is 44.0 Å². The molecule has 1 saturated heterocycles. The number of carbonyl (C=O) groups is 1. The number of nitrogens with zero attached hydrogens (tertiary/aromatic N) is 5. The molecule has 0 spiro atoms. The van der Waals surface area contributed by atoms with Crippen LogP contribution in [0.1, 0.15) is 27.0 Å². The maximum absolute atomic E-state index is 16.5. The zero-order valence-electron chi connectivity index (χ0n) is 25.8. The van der Waals surface area contributed by atoms with Crippen molar-refractivity contribution in [1.29, 1.82) is 0 Å². The molecule has 0 radical (unpaired) electrons. The van der Waals surface area contributed by atoms with Gasteiger partial charge in [0.2, 0.25) is 11.6 Å². The van der Waals surface area contributed by atoms with Crippen LogP contribution in [0.5, 0.6) is 5.75 Å². The number of imidazole rings is 1. The van der Waals surface area contributed by atoms with Crippen molar-refractivity contribution in [3.05, 3.63) is 48.8 Å². The van der Waals surface area contributed by atoms with Crippen molar-refractivity contribution in [3.8, 4) is 18.1 Å². The summed E-state index contributed by atoms with van der Waals surface area (Å²) >= 11 is 5.87. The van der Waals surface area contributed by atoms with Crippen LogP contribution in [0.3, 0.4) is 0 Å². The number of fused-ring (bicyclic) bond motifs is 2. The topological polar surface area (TPSA) is 159 Å². The van der Waals surface area contributed by atoms with Crippen molar-refractivity contribution in [2.45, 2.75) is 57.0 Å². The average molecular weight is 672 g/mol. The van der Waals surface area contributed by atoms with Crippen molar-refractivity contribution in [2.24, 2.45) is 0 Å². The predicted molar refractivity (Wildman–Crippen MR) is 175 cm³/mol. The Bertz CT molecular complexity index is 1850. The molecule has 0 bridgehead atoms. The highest BCUT2D eigenvalue weighted by Crippen LogP contribution is 2.49. The summed E-state index contributed by atoms with van der Waals surface area (Å²) in [6, 6.07) is 12.0. The second-order valence-electron chi connectivity index (χ2n) is 11.2. The number of terminal acetylenes is 1. The zero-order chi connectivity index (χ0) is 33.4. The van der Waals surface area contributed by atoms with Gasteiger partial charge < -0.3 is 34.3 Å². The lowest BCUT2D eigenvalue weighted by Gasteiger charge is -2.28. The van der Waals surface area contributed by atoms with E-state index >= 15 is 4.39 Å². The summed E-state index contributed by atoms with van der Waals surface area (Å²) in [6.45, 7) is 0.925. The van der Waals surface area contributed by atoms with E-state index in [0.29, 0.717) is 17.1 Å². The molecule has 2 aromatic heterocycles. The van der Waals surface area contributed by atoms with Crippen LogP contribution in [0.4, 0.5) is 16.2 Å². The molecule has 4 N–H and O–H groups in total. The molecule has 46 heavy (non-hydrogen) atoms. The Morgan fingerprint density at radius 1 is 1.28 bits per heavy atom. The molecule has 0 saturated carbocycles. The quantitative estimate of drug-likeness (QED) is 0.121. The van der Waals surface area contributed by atoms with Crippen molar-refractivity contribution < 1.29 is 32.8 Å². The summed E-state index contributed by atoms with van der Waals surface area (Å²) in [5.74, 6) is 2.18. The lowest BCUT2D eigenvalue weighted by atomic mass is 9.97. The number of nitrogens with one attached hydrogen (secondary N) is 1. The van der Waals surface area contributed by atoms with Gasteiger partial charge in [-0.3, -0.25) is 9.36 Å². The highest BCUT2D eigenvalue weighted by atomic mass is 32.5. The molecule has 5 rings (SSSR count). The predicted octanol–water partition coefficient (Wildman–Crippen LogP) is 3.48. The first kappa shape index (κ1) is 33.5. The number of halogens is 1. The first-order chi connectivity index (χ1) is 21.8. The third-order valence-electron chi connectivity index (χ3n) is 7.20. The zero-order valence-corrected chi connectivity index (χ0v) is 27.5. The summed E-state index contributed by atoms with van der Waals surface area (Å²) in [6.07, 6.45) is 1.80. The molecule has 1 aliphatic rings. The smallest absolute Gasteiger partial charge is 0.323 e. The molecule has 244 valence electrons. The minimum Gasteiger partial charge on any atom is -0.462 e. The molecule has 3 heterocycles. The molecule has 0 amide bonds. The number of anilines is 2. The molecule has 16 heteroatoms. The second-order valence-corrected chi connectivity index (χ2v) is 14.3. The van der Waals surface area contributed by atoms with E-state index in [4.69, 9.17) is 42.5 Å². The molecule has 1 fully saturated rings. The number of esters is 1. The van der Waals surface area contributed by atoms with Crippen LogP contribution in [0.15, 0.2) is 48.8 Å². The van der Waals surface area contributed by atoms with Gasteiger partial charge in [0.25, 0.3) is 0 Å². The molecular weight excluding hydrogens is 636 g/mol. The molecule has 0 unspecified atom stereocenters. The number of carbonyl (C=O) groups excluding carboxylic acids is 1. The van der Waals surface area contributed by atoms with Gasteiger partial charge in [-0.2, -0.15) is 9.97 Å². The average Bonchev–Trinajstić information content (AvgIpc) is 3.53. The van der Waals surface area contributed by atoms with E-state index in [0.717, 1.165) is 10.8 Å². The molecule has 1 aliphatic heterocycles. The number of alkyl halides is 1. The maximum atomic E-state index is 16.5. The van der Waals surface area contributed by atoms with Crippen molar-refractivity contribution in [1.82, 2.24) is 24.6 Å². The maximum Gasteiger partial charge on any atom is 0.323 e. The van der Waals surface area contributed by atoms with E-state index in [-0.39, 0.29) is 17.7 Å². The van der Waals surface area contributed by atoms with Gasteiger partial charge in [-0.25, -0.2) is 14.5 Å². The fourth-order valence-electron chi connectivity index (χ4n) is 5.00. The third-order valence-corrected chi connectivity index (χ3v) is 9.68. The van der Waals surface area contributed by atoms with Crippen LogP contribution in [0.25, 0.3) is 21.9 Å². The Hall–Kier alpha value is -3.90. The minimum absolute atomic E-state index is 0.0796. The largest absolute Gasteiger partial charge is 0.462 e. The Morgan fingerprint density at radius 3 is 2.70 bits per heavy atom. The standard InChI is InChI=1S/C30H35FN7O6PS/c1-7-30(31)24(39)22(43-28(30)38-16-33-23-25(37(5)6)34-29(32)35-26(23)38)15-41-45(46,36-18(4)27(40)42-17(2)3)44-21-14-10-12-19-11-8-9-13-20(19)21/h1,8-14,16-18,22,24,28,39H,15H2,2-6H3,(H,36,46)(H2,32,34,35)/t18-,22-,24-,28-,30-,45+/m1/s1. The molecule has 4 aromatic rings. The van der Waals surface area contributed by atoms with Crippen molar-refractivity contribution >= 4 is 58.1 Å². The first-order valence-corrected chi connectivity index (χ1v) is 17.0. The Labute approximate surface area is 270 Å². The van der Waals surface area contributed by atoms with Crippen LogP contribution in [-0.2, 0) is 30.6 Å².